The summed E-state index contributed by atoms with van der Waals surface area (Å²) in [5.74, 6) is 0.852. The minimum Gasteiger partial charge on any atom is -0.481 e. The van der Waals surface area contributed by atoms with Gasteiger partial charge in [0.05, 0.1) is 10.9 Å². The van der Waals surface area contributed by atoms with Gasteiger partial charge < -0.3 is 13.9 Å². The van der Waals surface area contributed by atoms with Gasteiger partial charge in [0.2, 0.25) is 0 Å². The maximum Gasteiger partial charge on any atom is 0.304 e. The predicted octanol–water partition coefficient (Wildman–Crippen LogP) is 5.06. The van der Waals surface area contributed by atoms with Crippen LogP contribution in [-0.4, -0.2) is 11.1 Å². The standard InChI is InChI=1S/C17H15BrO4/c1-8-5-10-13(17(3-4-17)7-12(19)20)15-11(6-9(2)21-15)14(18)16(10)22-8/h5-6H,3-4,7H2,1-2H3,(H,19,20). The van der Waals surface area contributed by atoms with E-state index in [1.165, 1.54) is 0 Å². The van der Waals surface area contributed by atoms with Gasteiger partial charge in [-0.1, -0.05) is 0 Å². The third-order valence-electron chi connectivity index (χ3n) is 4.52. The zero-order chi connectivity index (χ0) is 15.6. The molecule has 1 N–H and O–H groups in total. The quantitative estimate of drug-likeness (QED) is 0.706. The first kappa shape index (κ1) is 13.9. The fourth-order valence-corrected chi connectivity index (χ4v) is 4.04. The molecule has 1 aliphatic carbocycles. The first-order valence-electron chi connectivity index (χ1n) is 7.25. The molecule has 2 heterocycles. The molecule has 4 rings (SSSR count). The first-order chi connectivity index (χ1) is 10.4. The van der Waals surface area contributed by atoms with E-state index in [0.29, 0.717) is 0 Å². The van der Waals surface area contributed by atoms with E-state index in [4.69, 9.17) is 8.83 Å². The summed E-state index contributed by atoms with van der Waals surface area (Å²) in [5, 5.41) is 11.2. The second-order valence-corrected chi connectivity index (χ2v) is 7.03. The molecule has 3 aromatic rings. The average Bonchev–Trinajstić information content (AvgIpc) is 2.90. The van der Waals surface area contributed by atoms with E-state index >= 15 is 0 Å². The molecule has 5 heteroatoms. The van der Waals surface area contributed by atoms with Gasteiger partial charge in [0, 0.05) is 21.8 Å². The monoisotopic (exact) mass is 362 g/mol. The van der Waals surface area contributed by atoms with Crippen molar-refractivity contribution < 1.29 is 18.7 Å². The van der Waals surface area contributed by atoms with Gasteiger partial charge in [0.25, 0.3) is 0 Å². The van der Waals surface area contributed by atoms with Crippen molar-refractivity contribution in [3.63, 3.8) is 0 Å². The molecule has 0 radical (unpaired) electrons. The molecule has 0 amide bonds. The Morgan fingerprint density at radius 1 is 1.18 bits per heavy atom. The van der Waals surface area contributed by atoms with E-state index in [0.717, 1.165) is 56.3 Å². The molecule has 1 aliphatic rings. The molecule has 0 bridgehead atoms. The van der Waals surface area contributed by atoms with Crippen molar-refractivity contribution in [2.75, 3.05) is 0 Å². The highest BCUT2D eigenvalue weighted by molar-refractivity contribution is 9.10. The lowest BCUT2D eigenvalue weighted by Crippen LogP contribution is -2.13. The van der Waals surface area contributed by atoms with E-state index < -0.39 is 5.97 Å². The summed E-state index contributed by atoms with van der Waals surface area (Å²) in [6.45, 7) is 3.81. The molecule has 0 saturated heterocycles. The van der Waals surface area contributed by atoms with Crippen LogP contribution in [0.3, 0.4) is 0 Å². The minimum atomic E-state index is -0.773. The number of rotatable bonds is 3. The van der Waals surface area contributed by atoms with Gasteiger partial charge in [-0.25, -0.2) is 0 Å². The van der Waals surface area contributed by atoms with Gasteiger partial charge in [-0.2, -0.15) is 0 Å². The third-order valence-corrected chi connectivity index (χ3v) is 5.30. The van der Waals surface area contributed by atoms with Gasteiger partial charge in [-0.15, -0.1) is 0 Å². The van der Waals surface area contributed by atoms with Gasteiger partial charge >= 0.3 is 5.97 Å². The number of aryl methyl sites for hydroxylation is 2. The number of furan rings is 2. The number of benzene rings is 1. The largest absolute Gasteiger partial charge is 0.481 e. The Hall–Kier alpha value is -1.75. The normalized spacial score (nSPS) is 16.5. The van der Waals surface area contributed by atoms with Gasteiger partial charge in [0.1, 0.15) is 22.7 Å². The third kappa shape index (κ3) is 1.85. The van der Waals surface area contributed by atoms with Crippen LogP contribution in [0.5, 0.6) is 0 Å². The zero-order valence-corrected chi connectivity index (χ0v) is 13.9. The molecule has 0 unspecified atom stereocenters. The Morgan fingerprint density at radius 2 is 1.77 bits per heavy atom. The zero-order valence-electron chi connectivity index (χ0n) is 12.3. The first-order valence-corrected chi connectivity index (χ1v) is 8.05. The van der Waals surface area contributed by atoms with Gasteiger partial charge in [0.15, 0.2) is 0 Å². The topological polar surface area (TPSA) is 63.6 Å². The van der Waals surface area contributed by atoms with Crippen molar-refractivity contribution in [1.29, 1.82) is 0 Å². The summed E-state index contributed by atoms with van der Waals surface area (Å²) in [5.41, 5.74) is 2.23. The molecule has 0 aliphatic heterocycles. The molecular weight excluding hydrogens is 348 g/mol. The van der Waals surface area contributed by atoms with E-state index in [1.54, 1.807) is 0 Å². The SMILES string of the molecule is Cc1cc2c(C3(CC(=O)O)CC3)c3oc(C)cc3c(Br)c2o1. The van der Waals surface area contributed by atoms with Crippen molar-refractivity contribution in [3.8, 4) is 0 Å². The Bertz CT molecular complexity index is 870. The summed E-state index contributed by atoms with van der Waals surface area (Å²) < 4.78 is 12.7. The highest BCUT2D eigenvalue weighted by Gasteiger charge is 2.49. The predicted molar refractivity (Wildman–Crippen MR) is 86.3 cm³/mol. The lowest BCUT2D eigenvalue weighted by atomic mass is 9.88. The van der Waals surface area contributed by atoms with E-state index in [2.05, 4.69) is 15.9 Å². The van der Waals surface area contributed by atoms with Crippen LogP contribution >= 0.6 is 15.9 Å². The second kappa shape index (κ2) is 4.38. The lowest BCUT2D eigenvalue weighted by Gasteiger charge is -2.15. The molecule has 22 heavy (non-hydrogen) atoms. The number of aliphatic carboxylic acids is 1. The maximum atomic E-state index is 11.3. The number of fused-ring (bicyclic) bond motifs is 2. The highest BCUT2D eigenvalue weighted by atomic mass is 79.9. The molecular formula is C17H15BrO4. The number of carbonyl (C=O) groups is 1. The minimum absolute atomic E-state index is 0.128. The average molecular weight is 363 g/mol. The van der Waals surface area contributed by atoms with E-state index in [-0.39, 0.29) is 11.8 Å². The lowest BCUT2D eigenvalue weighted by molar-refractivity contribution is -0.137. The van der Waals surface area contributed by atoms with Crippen LogP contribution in [0.2, 0.25) is 0 Å². The molecule has 1 fully saturated rings. The van der Waals surface area contributed by atoms with Crippen LogP contribution in [-0.2, 0) is 10.2 Å². The highest BCUT2D eigenvalue weighted by Crippen LogP contribution is 2.56. The number of carboxylic acid groups (broad SMARTS) is 1. The summed E-state index contributed by atoms with van der Waals surface area (Å²) >= 11 is 3.61. The summed E-state index contributed by atoms with van der Waals surface area (Å²) in [4.78, 5) is 11.3. The summed E-state index contributed by atoms with van der Waals surface area (Å²) in [6, 6.07) is 3.95. The van der Waals surface area contributed by atoms with Crippen LogP contribution in [0.1, 0.15) is 36.3 Å². The molecule has 1 aromatic carbocycles. The number of hydrogen-bond acceptors (Lipinski definition) is 3. The fourth-order valence-electron chi connectivity index (χ4n) is 3.45. The Balaban J connectivity index is 2.13. The number of carboxylic acids is 1. The van der Waals surface area contributed by atoms with E-state index in [1.807, 2.05) is 26.0 Å². The Labute approximate surface area is 135 Å². The van der Waals surface area contributed by atoms with Crippen molar-refractivity contribution >= 4 is 43.8 Å². The maximum absolute atomic E-state index is 11.3. The van der Waals surface area contributed by atoms with Gasteiger partial charge in [-0.3, -0.25) is 4.79 Å². The van der Waals surface area contributed by atoms with Crippen LogP contribution in [0.25, 0.3) is 21.9 Å². The molecule has 114 valence electrons. The van der Waals surface area contributed by atoms with Crippen LogP contribution in [0.4, 0.5) is 0 Å². The smallest absolute Gasteiger partial charge is 0.304 e. The molecule has 4 nitrogen and oxygen atoms in total. The Kier molecular flexibility index (Phi) is 2.77. The Morgan fingerprint density at radius 3 is 2.36 bits per heavy atom. The molecule has 2 aromatic heterocycles. The number of halogens is 1. The van der Waals surface area contributed by atoms with Gasteiger partial charge in [-0.05, 0) is 54.8 Å². The number of hydrogen-bond donors (Lipinski definition) is 1. The van der Waals surface area contributed by atoms with Crippen molar-refractivity contribution in [2.45, 2.75) is 38.5 Å². The molecule has 1 saturated carbocycles. The fraction of sp³-hybridized carbons (Fsp3) is 0.353. The van der Waals surface area contributed by atoms with Crippen molar-refractivity contribution in [2.24, 2.45) is 0 Å². The van der Waals surface area contributed by atoms with Crippen LogP contribution in [0.15, 0.2) is 25.4 Å². The van der Waals surface area contributed by atoms with Crippen molar-refractivity contribution in [1.82, 2.24) is 0 Å². The van der Waals surface area contributed by atoms with Crippen molar-refractivity contribution in [3.05, 3.63) is 33.7 Å². The second-order valence-electron chi connectivity index (χ2n) is 6.24. The molecule has 0 atom stereocenters. The molecule has 0 spiro atoms. The van der Waals surface area contributed by atoms with Crippen LogP contribution in [0, 0.1) is 13.8 Å². The summed E-state index contributed by atoms with van der Waals surface area (Å²) in [7, 11) is 0. The van der Waals surface area contributed by atoms with E-state index in [9.17, 15) is 9.90 Å². The summed E-state index contributed by atoms with van der Waals surface area (Å²) in [6.07, 6.45) is 1.87. The van der Waals surface area contributed by atoms with Crippen LogP contribution < -0.4 is 0 Å².